The quantitative estimate of drug-likeness (QED) is 0.531. The van der Waals surface area contributed by atoms with E-state index in [1.165, 1.54) is 47.8 Å². The zero-order valence-corrected chi connectivity index (χ0v) is 17.4. The molecule has 29 heavy (non-hydrogen) atoms. The van der Waals surface area contributed by atoms with Crippen molar-refractivity contribution in [1.82, 2.24) is 9.88 Å². The van der Waals surface area contributed by atoms with Gasteiger partial charge in [0.2, 0.25) is 0 Å². The molecule has 0 spiro atoms. The minimum atomic E-state index is 0.242. The molecule has 2 aliphatic carbocycles. The normalized spacial score (nSPS) is 28.9. The van der Waals surface area contributed by atoms with Gasteiger partial charge in [0, 0.05) is 53.6 Å². The Morgan fingerprint density at radius 3 is 2.97 bits per heavy atom. The largest absolute Gasteiger partial charge is 0.372 e. The fourth-order valence-electron chi connectivity index (χ4n) is 5.93. The lowest BCUT2D eigenvalue weighted by atomic mass is 9.66. The van der Waals surface area contributed by atoms with Crippen molar-refractivity contribution in [2.45, 2.75) is 57.9 Å². The lowest BCUT2D eigenvalue weighted by Crippen LogP contribution is -2.46. The summed E-state index contributed by atoms with van der Waals surface area (Å²) in [5, 5.41) is 1.37. The molecule has 0 amide bonds. The number of allylic oxidation sites excluding steroid dienone is 4. The van der Waals surface area contributed by atoms with Crippen molar-refractivity contribution in [2.24, 2.45) is 17.8 Å². The molecule has 1 aliphatic heterocycles. The molecule has 5 rings (SSSR count). The first-order chi connectivity index (χ1) is 14.2. The van der Waals surface area contributed by atoms with Crippen molar-refractivity contribution in [3.63, 3.8) is 0 Å². The number of piperidine rings is 1. The number of aromatic nitrogens is 1. The van der Waals surface area contributed by atoms with E-state index in [1.54, 1.807) is 0 Å². The summed E-state index contributed by atoms with van der Waals surface area (Å²) in [5.74, 6) is 1.69. The van der Waals surface area contributed by atoms with Gasteiger partial charge in [0.25, 0.3) is 0 Å². The second kappa shape index (κ2) is 7.85. The molecule has 1 saturated heterocycles. The fraction of sp³-hybridized carbons (Fsp3) is 0.500. The number of benzene rings is 1. The first kappa shape index (κ1) is 18.7. The highest BCUT2D eigenvalue weighted by molar-refractivity contribution is 5.84. The third-order valence-corrected chi connectivity index (χ3v) is 7.51. The summed E-state index contributed by atoms with van der Waals surface area (Å²) < 4.78 is 0. The molecule has 0 radical (unpaired) electrons. The van der Waals surface area contributed by atoms with Crippen LogP contribution < -0.4 is 0 Å². The van der Waals surface area contributed by atoms with Crippen molar-refractivity contribution in [2.75, 3.05) is 6.54 Å². The maximum atomic E-state index is 12.4. The van der Waals surface area contributed by atoms with Crippen LogP contribution in [0.5, 0.6) is 0 Å². The molecular formula is C26H32N2O. The van der Waals surface area contributed by atoms with E-state index in [-0.39, 0.29) is 5.92 Å². The number of likely N-dealkylation sites (tertiary alicyclic amines) is 1. The van der Waals surface area contributed by atoms with E-state index in [9.17, 15) is 4.79 Å². The summed E-state index contributed by atoms with van der Waals surface area (Å²) in [5.41, 5.74) is 4.22. The van der Waals surface area contributed by atoms with E-state index in [0.29, 0.717) is 30.1 Å². The van der Waals surface area contributed by atoms with Gasteiger partial charge in [-0.3, -0.25) is 4.79 Å². The predicted molar refractivity (Wildman–Crippen MR) is 119 cm³/mol. The number of carbonyl (C=O) groups excluding carboxylic acids is 1. The van der Waals surface area contributed by atoms with Gasteiger partial charge in [-0.05, 0) is 63.0 Å². The zero-order chi connectivity index (χ0) is 19.8. The molecule has 0 saturated carbocycles. The van der Waals surface area contributed by atoms with Gasteiger partial charge in [-0.1, -0.05) is 36.4 Å². The second-order valence-corrected chi connectivity index (χ2v) is 9.19. The summed E-state index contributed by atoms with van der Waals surface area (Å²) in [7, 11) is 0. The Bertz CT molecular complexity index is 953. The number of unbranched alkanes of at least 4 members (excludes halogenated alkanes) is 1. The van der Waals surface area contributed by atoms with Crippen LogP contribution >= 0.6 is 0 Å². The summed E-state index contributed by atoms with van der Waals surface area (Å²) in [6.45, 7) is 3.52. The highest BCUT2D eigenvalue weighted by Crippen LogP contribution is 2.46. The maximum absolute atomic E-state index is 12.4. The molecule has 4 atom stereocenters. The van der Waals surface area contributed by atoms with Gasteiger partial charge in [0.15, 0.2) is 0 Å². The molecule has 2 aromatic rings. The number of para-hydroxylation sites is 1. The van der Waals surface area contributed by atoms with Crippen LogP contribution in [0.2, 0.25) is 0 Å². The van der Waals surface area contributed by atoms with Crippen LogP contribution in [0.15, 0.2) is 54.4 Å². The first-order valence-corrected chi connectivity index (χ1v) is 11.4. The SMILES string of the molecule is CC1CC[C@@H]2C(=CCC3C(=O)CC=CC32)N1CCCCc1c[nH]c2ccccc12. The number of H-pyrrole nitrogens is 1. The molecule has 2 heterocycles. The zero-order valence-electron chi connectivity index (χ0n) is 17.4. The monoisotopic (exact) mass is 388 g/mol. The number of Topliss-reactive ketones (excluding diaryl/α,β-unsaturated/α-hetero) is 1. The number of nitrogens with zero attached hydrogens (tertiary/aromatic N) is 1. The van der Waals surface area contributed by atoms with Crippen LogP contribution in [-0.4, -0.2) is 28.3 Å². The van der Waals surface area contributed by atoms with Gasteiger partial charge in [-0.15, -0.1) is 0 Å². The highest BCUT2D eigenvalue weighted by atomic mass is 16.1. The molecule has 3 nitrogen and oxygen atoms in total. The van der Waals surface area contributed by atoms with Crippen LogP contribution in [0.1, 0.15) is 51.0 Å². The second-order valence-electron chi connectivity index (χ2n) is 9.19. The average molecular weight is 389 g/mol. The van der Waals surface area contributed by atoms with E-state index in [0.717, 1.165) is 19.4 Å². The molecule has 3 heteroatoms. The lowest BCUT2D eigenvalue weighted by Gasteiger charge is -2.48. The van der Waals surface area contributed by atoms with Crippen molar-refractivity contribution in [3.05, 3.63) is 60.0 Å². The highest BCUT2D eigenvalue weighted by Gasteiger charge is 2.42. The topological polar surface area (TPSA) is 36.1 Å². The molecule has 0 bridgehead atoms. The number of ketones is 1. The third kappa shape index (κ3) is 3.45. The molecule has 1 fully saturated rings. The molecule has 3 unspecified atom stereocenters. The molecule has 1 aromatic carbocycles. The number of hydrogen-bond acceptors (Lipinski definition) is 2. The Labute approximate surface area is 173 Å². The molecule has 1 aromatic heterocycles. The Morgan fingerprint density at radius 1 is 1.14 bits per heavy atom. The minimum Gasteiger partial charge on any atom is -0.372 e. The number of aromatic amines is 1. The van der Waals surface area contributed by atoms with E-state index in [1.807, 2.05) is 0 Å². The first-order valence-electron chi connectivity index (χ1n) is 11.4. The maximum Gasteiger partial charge on any atom is 0.140 e. The van der Waals surface area contributed by atoms with Crippen molar-refractivity contribution >= 4 is 16.7 Å². The Morgan fingerprint density at radius 2 is 2.03 bits per heavy atom. The van der Waals surface area contributed by atoms with Gasteiger partial charge in [0.05, 0.1) is 0 Å². The molecule has 152 valence electrons. The van der Waals surface area contributed by atoms with Gasteiger partial charge in [0.1, 0.15) is 5.78 Å². The number of hydrogen-bond donors (Lipinski definition) is 1. The van der Waals surface area contributed by atoms with Crippen LogP contribution in [0.4, 0.5) is 0 Å². The van der Waals surface area contributed by atoms with Crippen molar-refractivity contribution in [3.8, 4) is 0 Å². The fourth-order valence-corrected chi connectivity index (χ4v) is 5.93. The Hall–Kier alpha value is -2.29. The minimum absolute atomic E-state index is 0.242. The van der Waals surface area contributed by atoms with Crippen LogP contribution in [0.3, 0.4) is 0 Å². The van der Waals surface area contributed by atoms with Gasteiger partial charge in [-0.25, -0.2) is 0 Å². The number of carbonyl (C=O) groups is 1. The average Bonchev–Trinajstić information content (AvgIpc) is 3.15. The predicted octanol–water partition coefficient (Wildman–Crippen LogP) is 5.64. The van der Waals surface area contributed by atoms with Crippen LogP contribution in [0, 0.1) is 17.8 Å². The molecular weight excluding hydrogens is 356 g/mol. The Kier molecular flexibility index (Phi) is 5.07. The van der Waals surface area contributed by atoms with Gasteiger partial charge < -0.3 is 9.88 Å². The standard InChI is InChI=1S/C26H32N2O/c1-18-12-13-22-21-9-6-11-26(29)23(21)14-15-25(22)28(18)16-5-4-7-19-17-27-24-10-3-2-8-20(19)24/h2-3,6,8-10,15,17-18,21-23,27H,4-5,7,11-14,16H2,1H3/t18?,21?,22-,23?/m0/s1. The van der Waals surface area contributed by atoms with Gasteiger partial charge >= 0.3 is 0 Å². The van der Waals surface area contributed by atoms with Crippen molar-refractivity contribution in [1.29, 1.82) is 0 Å². The molecule has 3 aliphatic rings. The smallest absolute Gasteiger partial charge is 0.140 e. The number of rotatable bonds is 5. The van der Waals surface area contributed by atoms with E-state index < -0.39 is 0 Å². The van der Waals surface area contributed by atoms with E-state index >= 15 is 0 Å². The number of nitrogens with one attached hydrogen (secondary N) is 1. The molecule has 1 N–H and O–H groups in total. The van der Waals surface area contributed by atoms with Gasteiger partial charge in [-0.2, -0.15) is 0 Å². The number of fused-ring (bicyclic) bond motifs is 4. The summed E-state index contributed by atoms with van der Waals surface area (Å²) in [4.78, 5) is 18.4. The van der Waals surface area contributed by atoms with E-state index in [2.05, 4.69) is 65.5 Å². The van der Waals surface area contributed by atoms with E-state index in [4.69, 9.17) is 0 Å². The number of aryl methyl sites for hydroxylation is 1. The summed E-state index contributed by atoms with van der Waals surface area (Å²) >= 11 is 0. The van der Waals surface area contributed by atoms with Crippen LogP contribution in [0.25, 0.3) is 10.9 Å². The lowest BCUT2D eigenvalue weighted by molar-refractivity contribution is -0.124. The third-order valence-electron chi connectivity index (χ3n) is 7.51. The van der Waals surface area contributed by atoms with Crippen LogP contribution in [-0.2, 0) is 11.2 Å². The van der Waals surface area contributed by atoms with Crippen molar-refractivity contribution < 1.29 is 4.79 Å². The summed E-state index contributed by atoms with van der Waals surface area (Å²) in [6.07, 6.45) is 16.7. The Balaban J connectivity index is 1.23. The summed E-state index contributed by atoms with van der Waals surface area (Å²) in [6, 6.07) is 9.21.